The Morgan fingerprint density at radius 3 is 2.38 bits per heavy atom. The molecular formula is C14H23NO. The van der Waals surface area contributed by atoms with E-state index in [9.17, 15) is 5.11 Å². The summed E-state index contributed by atoms with van der Waals surface area (Å²) in [6, 6.07) is 10.9. The van der Waals surface area contributed by atoms with Crippen LogP contribution >= 0.6 is 0 Å². The number of hydrogen-bond donors (Lipinski definition) is 2. The fourth-order valence-corrected chi connectivity index (χ4v) is 1.69. The lowest BCUT2D eigenvalue weighted by molar-refractivity contribution is 0.162. The van der Waals surface area contributed by atoms with Crippen LogP contribution < -0.4 is 5.32 Å². The number of hydrogen-bond acceptors (Lipinski definition) is 2. The molecule has 90 valence electrons. The Balaban J connectivity index is 2.45. The minimum absolute atomic E-state index is 0.231. The molecule has 3 atom stereocenters. The summed E-state index contributed by atoms with van der Waals surface area (Å²) >= 11 is 0. The summed E-state index contributed by atoms with van der Waals surface area (Å²) in [6.45, 7) is 7.05. The van der Waals surface area contributed by atoms with E-state index in [4.69, 9.17) is 0 Å². The molecule has 2 nitrogen and oxygen atoms in total. The van der Waals surface area contributed by atoms with Crippen LogP contribution in [0, 0.1) is 0 Å². The highest BCUT2D eigenvalue weighted by molar-refractivity contribution is 5.20. The Labute approximate surface area is 98.7 Å². The van der Waals surface area contributed by atoms with E-state index in [0.717, 1.165) is 6.42 Å². The number of aliphatic hydroxyl groups excluding tert-OH is 1. The van der Waals surface area contributed by atoms with Crippen molar-refractivity contribution in [2.24, 2.45) is 0 Å². The van der Waals surface area contributed by atoms with E-state index in [0.29, 0.717) is 18.5 Å². The highest BCUT2D eigenvalue weighted by atomic mass is 16.3. The molecule has 0 saturated heterocycles. The van der Waals surface area contributed by atoms with Crippen LogP contribution in [0.15, 0.2) is 30.3 Å². The average Bonchev–Trinajstić information content (AvgIpc) is 2.35. The fourth-order valence-electron chi connectivity index (χ4n) is 1.69. The molecule has 2 heteroatoms. The minimum atomic E-state index is -0.231. The smallest absolute Gasteiger partial charge is 0.0662 e. The van der Waals surface area contributed by atoms with E-state index in [1.807, 2.05) is 13.0 Å². The summed E-state index contributed by atoms with van der Waals surface area (Å²) < 4.78 is 0. The lowest BCUT2D eigenvalue weighted by Crippen LogP contribution is -2.36. The van der Waals surface area contributed by atoms with Gasteiger partial charge in [0, 0.05) is 12.6 Å². The van der Waals surface area contributed by atoms with Crippen molar-refractivity contribution >= 4 is 0 Å². The molecule has 1 rings (SSSR count). The number of nitrogens with one attached hydrogen (secondary N) is 1. The quantitative estimate of drug-likeness (QED) is 0.773. The molecule has 0 bridgehead atoms. The number of aliphatic hydroxyl groups is 1. The molecule has 0 radical (unpaired) electrons. The van der Waals surface area contributed by atoms with Crippen molar-refractivity contribution in [2.75, 3.05) is 6.54 Å². The molecule has 0 amide bonds. The van der Waals surface area contributed by atoms with Crippen LogP contribution in [-0.4, -0.2) is 23.8 Å². The number of benzene rings is 1. The molecule has 1 aromatic carbocycles. The molecule has 0 spiro atoms. The van der Waals surface area contributed by atoms with Gasteiger partial charge in [-0.3, -0.25) is 0 Å². The van der Waals surface area contributed by atoms with E-state index in [-0.39, 0.29) is 6.10 Å². The molecular weight excluding hydrogens is 198 g/mol. The summed E-state index contributed by atoms with van der Waals surface area (Å²) in [4.78, 5) is 0. The lowest BCUT2D eigenvalue weighted by atomic mass is 9.94. The van der Waals surface area contributed by atoms with Gasteiger partial charge in [-0.25, -0.2) is 0 Å². The van der Waals surface area contributed by atoms with Crippen molar-refractivity contribution in [1.82, 2.24) is 5.32 Å². The Kier molecular flexibility index (Phi) is 5.50. The van der Waals surface area contributed by atoms with Crippen LogP contribution in [0.1, 0.15) is 38.7 Å². The van der Waals surface area contributed by atoms with Crippen molar-refractivity contribution in [3.63, 3.8) is 0 Å². The van der Waals surface area contributed by atoms with Gasteiger partial charge in [0.25, 0.3) is 0 Å². The molecule has 0 aliphatic rings. The summed E-state index contributed by atoms with van der Waals surface area (Å²) in [5, 5.41) is 12.9. The van der Waals surface area contributed by atoms with Crippen molar-refractivity contribution < 1.29 is 5.11 Å². The maximum absolute atomic E-state index is 9.50. The highest BCUT2D eigenvalue weighted by Gasteiger charge is 2.14. The van der Waals surface area contributed by atoms with Crippen molar-refractivity contribution in [2.45, 2.75) is 45.3 Å². The average molecular weight is 221 g/mol. The highest BCUT2D eigenvalue weighted by Crippen LogP contribution is 2.18. The second kappa shape index (κ2) is 6.66. The summed E-state index contributed by atoms with van der Waals surface area (Å²) in [6.07, 6.45) is 0.574. The third-order valence-corrected chi connectivity index (χ3v) is 3.22. The lowest BCUT2D eigenvalue weighted by Gasteiger charge is -2.23. The molecule has 16 heavy (non-hydrogen) atoms. The molecule has 2 N–H and O–H groups in total. The van der Waals surface area contributed by atoms with E-state index in [1.54, 1.807) is 0 Å². The molecule has 0 aliphatic carbocycles. The van der Waals surface area contributed by atoms with Crippen LogP contribution in [0.2, 0.25) is 0 Å². The standard InChI is InChI=1S/C14H23NO/c1-4-14(16)10-15-12(3)11(2)13-8-6-5-7-9-13/h5-9,11-12,14-16H,4,10H2,1-3H3/t11-,12+,14-/m0/s1. The largest absolute Gasteiger partial charge is 0.392 e. The minimum Gasteiger partial charge on any atom is -0.392 e. The van der Waals surface area contributed by atoms with Crippen molar-refractivity contribution in [1.29, 1.82) is 0 Å². The molecule has 0 aromatic heterocycles. The van der Waals surface area contributed by atoms with E-state index in [2.05, 4.69) is 43.4 Å². The SMILES string of the molecule is CC[C@H](O)CN[C@H](C)[C@H](C)c1ccccc1. The molecule has 0 fully saturated rings. The van der Waals surface area contributed by atoms with Gasteiger partial charge in [0.15, 0.2) is 0 Å². The molecule has 0 unspecified atom stereocenters. The predicted octanol–water partition coefficient (Wildman–Crippen LogP) is 2.54. The van der Waals surface area contributed by atoms with Crippen molar-refractivity contribution in [3.05, 3.63) is 35.9 Å². The Hall–Kier alpha value is -0.860. The van der Waals surface area contributed by atoms with Gasteiger partial charge in [0.2, 0.25) is 0 Å². The van der Waals surface area contributed by atoms with Gasteiger partial charge in [-0.15, -0.1) is 0 Å². The van der Waals surface area contributed by atoms with Gasteiger partial charge in [-0.2, -0.15) is 0 Å². The predicted molar refractivity (Wildman–Crippen MR) is 68.6 cm³/mol. The maximum atomic E-state index is 9.50. The monoisotopic (exact) mass is 221 g/mol. The summed E-state index contributed by atoms with van der Waals surface area (Å²) in [5.41, 5.74) is 1.34. The van der Waals surface area contributed by atoms with Crippen LogP contribution in [0.5, 0.6) is 0 Å². The van der Waals surface area contributed by atoms with Gasteiger partial charge in [0.05, 0.1) is 6.10 Å². The van der Waals surface area contributed by atoms with Gasteiger partial charge in [-0.1, -0.05) is 44.2 Å². The first-order valence-corrected chi connectivity index (χ1v) is 6.11. The second-order valence-electron chi connectivity index (χ2n) is 4.46. The second-order valence-corrected chi connectivity index (χ2v) is 4.46. The topological polar surface area (TPSA) is 32.3 Å². The Morgan fingerprint density at radius 1 is 1.19 bits per heavy atom. The summed E-state index contributed by atoms with van der Waals surface area (Å²) in [5.74, 6) is 0.463. The van der Waals surface area contributed by atoms with Crippen LogP contribution in [0.25, 0.3) is 0 Å². The first-order valence-electron chi connectivity index (χ1n) is 6.11. The first kappa shape index (κ1) is 13.2. The Bertz CT molecular complexity index is 286. The first-order chi connectivity index (χ1) is 7.65. The number of rotatable bonds is 6. The zero-order chi connectivity index (χ0) is 12.0. The molecule has 0 aliphatic heterocycles. The van der Waals surface area contributed by atoms with E-state index in [1.165, 1.54) is 5.56 Å². The van der Waals surface area contributed by atoms with Gasteiger partial charge in [0.1, 0.15) is 0 Å². The maximum Gasteiger partial charge on any atom is 0.0662 e. The van der Waals surface area contributed by atoms with Gasteiger partial charge < -0.3 is 10.4 Å². The third kappa shape index (κ3) is 3.95. The molecule has 1 aromatic rings. The van der Waals surface area contributed by atoms with Gasteiger partial charge >= 0.3 is 0 Å². The third-order valence-electron chi connectivity index (χ3n) is 3.22. The molecule has 0 saturated carbocycles. The van der Waals surface area contributed by atoms with Crippen LogP contribution in [0.4, 0.5) is 0 Å². The molecule has 0 heterocycles. The van der Waals surface area contributed by atoms with E-state index >= 15 is 0 Å². The summed E-state index contributed by atoms with van der Waals surface area (Å²) in [7, 11) is 0. The zero-order valence-electron chi connectivity index (χ0n) is 10.5. The van der Waals surface area contributed by atoms with Gasteiger partial charge in [-0.05, 0) is 24.8 Å². The normalized spacial score (nSPS) is 16.8. The van der Waals surface area contributed by atoms with Crippen LogP contribution in [-0.2, 0) is 0 Å². The van der Waals surface area contributed by atoms with Crippen LogP contribution in [0.3, 0.4) is 0 Å². The Morgan fingerprint density at radius 2 is 1.81 bits per heavy atom. The fraction of sp³-hybridized carbons (Fsp3) is 0.571. The van der Waals surface area contributed by atoms with Crippen molar-refractivity contribution in [3.8, 4) is 0 Å². The zero-order valence-corrected chi connectivity index (χ0v) is 10.5. The van der Waals surface area contributed by atoms with E-state index < -0.39 is 0 Å².